The van der Waals surface area contributed by atoms with Crippen LogP contribution in [0.5, 0.6) is 0 Å². The van der Waals surface area contributed by atoms with Gasteiger partial charge in [-0.3, -0.25) is 0 Å². The van der Waals surface area contributed by atoms with E-state index in [4.69, 9.17) is 10.00 Å². The zero-order valence-electron chi connectivity index (χ0n) is 12.8. The van der Waals surface area contributed by atoms with E-state index in [0.717, 1.165) is 0 Å². The minimum Gasteiger partial charge on any atom is -0.367 e. The average Bonchev–Trinajstić information content (AvgIpc) is 2.35. The van der Waals surface area contributed by atoms with Crippen molar-refractivity contribution in [2.75, 3.05) is 13.1 Å². The van der Waals surface area contributed by atoms with Gasteiger partial charge in [-0.1, -0.05) is 0 Å². The second-order valence-electron chi connectivity index (χ2n) is 6.53. The Morgan fingerprint density at radius 1 is 1.10 bits per heavy atom. The second kappa shape index (κ2) is 5.09. The number of ether oxygens (including phenoxy) is 1. The molecule has 1 heterocycles. The van der Waals surface area contributed by atoms with Crippen molar-refractivity contribution in [1.29, 1.82) is 5.26 Å². The van der Waals surface area contributed by atoms with Crippen LogP contribution >= 0.6 is 0 Å². The molecule has 0 unspecified atom stereocenters. The number of rotatable bonds is 2. The average molecular weight is 308 g/mol. The van der Waals surface area contributed by atoms with E-state index in [-0.39, 0.29) is 4.90 Å². The third-order valence-electron chi connectivity index (χ3n) is 3.29. The summed E-state index contributed by atoms with van der Waals surface area (Å²) < 4.78 is 32.9. The highest BCUT2D eigenvalue weighted by molar-refractivity contribution is 7.89. The summed E-state index contributed by atoms with van der Waals surface area (Å²) in [6.07, 6.45) is 0. The second-order valence-corrected chi connectivity index (χ2v) is 8.47. The van der Waals surface area contributed by atoms with Crippen LogP contribution in [0.1, 0.15) is 33.3 Å². The summed E-state index contributed by atoms with van der Waals surface area (Å²) in [6, 6.07) is 7.97. The van der Waals surface area contributed by atoms with Crippen LogP contribution in [0.4, 0.5) is 0 Å². The summed E-state index contributed by atoms with van der Waals surface area (Å²) in [5, 5.41) is 8.79. The number of morpholine rings is 1. The number of nitrogens with zero attached hydrogens (tertiary/aromatic N) is 2. The molecule has 1 aliphatic rings. The van der Waals surface area contributed by atoms with Gasteiger partial charge in [0.1, 0.15) is 0 Å². The lowest BCUT2D eigenvalue weighted by Crippen LogP contribution is -2.58. The van der Waals surface area contributed by atoms with Gasteiger partial charge < -0.3 is 4.74 Å². The molecule has 0 spiro atoms. The van der Waals surface area contributed by atoms with Gasteiger partial charge in [0.2, 0.25) is 10.0 Å². The monoisotopic (exact) mass is 308 g/mol. The molecule has 0 atom stereocenters. The fourth-order valence-electron chi connectivity index (χ4n) is 2.74. The van der Waals surface area contributed by atoms with E-state index in [2.05, 4.69) is 0 Å². The maximum Gasteiger partial charge on any atom is 0.243 e. The molecular weight excluding hydrogens is 288 g/mol. The van der Waals surface area contributed by atoms with Crippen molar-refractivity contribution in [3.05, 3.63) is 29.8 Å². The van der Waals surface area contributed by atoms with Gasteiger partial charge in [-0.25, -0.2) is 8.42 Å². The van der Waals surface area contributed by atoms with Crippen LogP contribution in [-0.4, -0.2) is 37.0 Å². The van der Waals surface area contributed by atoms with Crippen LogP contribution in [0.15, 0.2) is 29.2 Å². The molecule has 0 N–H and O–H groups in total. The summed E-state index contributed by atoms with van der Waals surface area (Å²) in [5.74, 6) is 0. The van der Waals surface area contributed by atoms with Gasteiger partial charge in [-0.15, -0.1) is 0 Å². The molecule has 5 nitrogen and oxygen atoms in total. The Morgan fingerprint density at radius 3 is 2.00 bits per heavy atom. The lowest BCUT2D eigenvalue weighted by molar-refractivity contribution is -0.163. The molecule has 1 aromatic rings. The molecule has 6 heteroatoms. The Bertz CT molecular complexity index is 654. The Kier molecular flexibility index (Phi) is 3.87. The van der Waals surface area contributed by atoms with Gasteiger partial charge in [0.25, 0.3) is 0 Å². The van der Waals surface area contributed by atoms with E-state index in [0.29, 0.717) is 18.7 Å². The minimum atomic E-state index is -3.59. The topological polar surface area (TPSA) is 70.4 Å². The van der Waals surface area contributed by atoms with E-state index in [1.807, 2.05) is 33.8 Å². The normalized spacial score (nSPS) is 21.7. The van der Waals surface area contributed by atoms with Crippen molar-refractivity contribution in [1.82, 2.24) is 4.31 Å². The summed E-state index contributed by atoms with van der Waals surface area (Å²) in [6.45, 7) is 8.15. The van der Waals surface area contributed by atoms with Crippen LogP contribution in [0.3, 0.4) is 0 Å². The maximum atomic E-state index is 12.7. The third kappa shape index (κ3) is 3.43. The first kappa shape index (κ1) is 16.0. The van der Waals surface area contributed by atoms with Gasteiger partial charge in [0.05, 0.1) is 27.7 Å². The Balaban J connectivity index is 2.36. The van der Waals surface area contributed by atoms with Crippen molar-refractivity contribution in [2.24, 2.45) is 0 Å². The van der Waals surface area contributed by atoms with Crippen LogP contribution in [-0.2, 0) is 14.8 Å². The highest BCUT2D eigenvalue weighted by atomic mass is 32.2. The van der Waals surface area contributed by atoms with Gasteiger partial charge in [0, 0.05) is 13.1 Å². The summed E-state index contributed by atoms with van der Waals surface area (Å²) in [4.78, 5) is 0.204. The first-order valence-electron chi connectivity index (χ1n) is 6.76. The van der Waals surface area contributed by atoms with Crippen LogP contribution in [0.25, 0.3) is 0 Å². The largest absolute Gasteiger partial charge is 0.367 e. The van der Waals surface area contributed by atoms with E-state index in [9.17, 15) is 8.42 Å². The molecule has 1 aromatic carbocycles. The Morgan fingerprint density at radius 2 is 1.57 bits per heavy atom. The van der Waals surface area contributed by atoms with Crippen molar-refractivity contribution < 1.29 is 13.2 Å². The smallest absolute Gasteiger partial charge is 0.243 e. The summed E-state index contributed by atoms with van der Waals surface area (Å²) in [7, 11) is -3.59. The molecule has 0 aromatic heterocycles. The molecule has 0 aliphatic carbocycles. The molecule has 0 bridgehead atoms. The first-order chi connectivity index (χ1) is 9.56. The van der Waals surface area contributed by atoms with E-state index < -0.39 is 21.2 Å². The van der Waals surface area contributed by atoms with Gasteiger partial charge in [0.15, 0.2) is 0 Å². The van der Waals surface area contributed by atoms with Crippen LogP contribution in [0, 0.1) is 11.3 Å². The van der Waals surface area contributed by atoms with Gasteiger partial charge in [-0.2, -0.15) is 9.57 Å². The number of nitriles is 1. The third-order valence-corrected chi connectivity index (χ3v) is 5.09. The van der Waals surface area contributed by atoms with Crippen molar-refractivity contribution >= 4 is 10.0 Å². The lowest BCUT2D eigenvalue weighted by Gasteiger charge is -2.46. The molecule has 1 fully saturated rings. The highest BCUT2D eigenvalue weighted by Gasteiger charge is 2.43. The van der Waals surface area contributed by atoms with E-state index in [1.54, 1.807) is 0 Å². The Labute approximate surface area is 126 Å². The molecule has 0 saturated carbocycles. The SMILES string of the molecule is CC1(C)CN(S(=O)(=O)c2ccc(C#N)cc2)CC(C)(C)O1. The molecule has 0 amide bonds. The standard InChI is InChI=1S/C15H20N2O3S/c1-14(2)10-17(11-15(3,4)20-14)21(18,19)13-7-5-12(9-16)6-8-13/h5-8H,10-11H2,1-4H3. The van der Waals surface area contributed by atoms with Gasteiger partial charge in [-0.05, 0) is 52.0 Å². The van der Waals surface area contributed by atoms with Crippen LogP contribution in [0.2, 0.25) is 0 Å². The molecular formula is C15H20N2O3S. The quantitative estimate of drug-likeness (QED) is 0.839. The maximum absolute atomic E-state index is 12.7. The van der Waals surface area contributed by atoms with E-state index >= 15 is 0 Å². The first-order valence-corrected chi connectivity index (χ1v) is 8.20. The number of hydrogen-bond acceptors (Lipinski definition) is 4. The molecule has 114 valence electrons. The number of hydrogen-bond donors (Lipinski definition) is 0. The molecule has 21 heavy (non-hydrogen) atoms. The zero-order valence-corrected chi connectivity index (χ0v) is 13.6. The van der Waals surface area contributed by atoms with Crippen LogP contribution < -0.4 is 0 Å². The zero-order chi connectivity index (χ0) is 15.9. The fraction of sp³-hybridized carbons (Fsp3) is 0.533. The molecule has 2 rings (SSSR count). The Hall–Kier alpha value is -1.42. The predicted octanol–water partition coefficient (Wildman–Crippen LogP) is 2.14. The predicted molar refractivity (Wildman–Crippen MR) is 79.2 cm³/mol. The molecule has 1 saturated heterocycles. The van der Waals surface area contributed by atoms with Crippen molar-refractivity contribution in [3.63, 3.8) is 0 Å². The number of sulfonamides is 1. The van der Waals surface area contributed by atoms with E-state index in [1.165, 1.54) is 28.6 Å². The van der Waals surface area contributed by atoms with Gasteiger partial charge >= 0.3 is 0 Å². The molecule has 0 radical (unpaired) electrons. The minimum absolute atomic E-state index is 0.204. The molecule has 1 aliphatic heterocycles. The fourth-order valence-corrected chi connectivity index (χ4v) is 4.48. The summed E-state index contributed by atoms with van der Waals surface area (Å²) >= 11 is 0. The summed E-state index contributed by atoms with van der Waals surface area (Å²) in [5.41, 5.74) is -0.639. The van der Waals surface area contributed by atoms with Crippen molar-refractivity contribution in [2.45, 2.75) is 43.8 Å². The highest BCUT2D eigenvalue weighted by Crippen LogP contribution is 2.31. The van der Waals surface area contributed by atoms with Crippen molar-refractivity contribution in [3.8, 4) is 6.07 Å². The number of benzene rings is 1. The lowest BCUT2D eigenvalue weighted by atomic mass is 10.0.